The normalized spacial score (nSPS) is 35.0. The minimum atomic E-state index is -2.19. The lowest BCUT2D eigenvalue weighted by molar-refractivity contribution is -0.274. The molecule has 7 atom stereocenters. The van der Waals surface area contributed by atoms with Crippen molar-refractivity contribution >= 4 is 5.78 Å². The SMILES string of the molecule is O=C(COC1(CO)OC(CO)C(O)C1O)C(O)C(O)C(O)CO. The molecular weight excluding hydrogens is 320 g/mol. The molecule has 11 heteroatoms. The number of carbonyl (C=O) groups excluding carboxylic acids is 1. The van der Waals surface area contributed by atoms with Crippen molar-refractivity contribution in [2.24, 2.45) is 0 Å². The molecule has 8 N–H and O–H groups in total. The Bertz CT molecular complexity index is 391. The smallest absolute Gasteiger partial charge is 0.222 e. The molecule has 0 aromatic rings. The van der Waals surface area contributed by atoms with Crippen LogP contribution in [0.3, 0.4) is 0 Å². The highest BCUT2D eigenvalue weighted by atomic mass is 16.7. The summed E-state index contributed by atoms with van der Waals surface area (Å²) in [5.41, 5.74) is 0. The van der Waals surface area contributed by atoms with E-state index in [9.17, 15) is 30.3 Å². The molecular formula is C12H22O11. The highest BCUT2D eigenvalue weighted by Crippen LogP contribution is 2.32. The fourth-order valence-corrected chi connectivity index (χ4v) is 2.09. The second-order valence-corrected chi connectivity index (χ2v) is 5.18. The average molecular weight is 342 g/mol. The van der Waals surface area contributed by atoms with Crippen molar-refractivity contribution in [1.82, 2.24) is 0 Å². The van der Waals surface area contributed by atoms with Crippen LogP contribution in [-0.4, -0.2) is 115 Å². The summed E-state index contributed by atoms with van der Waals surface area (Å²) in [6.07, 6.45) is -10.4. The molecule has 7 unspecified atom stereocenters. The molecule has 0 aromatic carbocycles. The monoisotopic (exact) mass is 342 g/mol. The molecule has 0 spiro atoms. The van der Waals surface area contributed by atoms with E-state index in [1.54, 1.807) is 0 Å². The standard InChI is InChI=1S/C12H22O11/c13-1-5(16)8(18)9(19)6(17)3-22-12(4-15)11(21)10(20)7(2-14)23-12/h5,7-11,13-16,18-21H,1-4H2. The molecule has 1 aliphatic rings. The minimum absolute atomic E-state index is 0.679. The van der Waals surface area contributed by atoms with Crippen LogP contribution in [0.4, 0.5) is 0 Å². The van der Waals surface area contributed by atoms with Crippen molar-refractivity contribution in [2.75, 3.05) is 26.4 Å². The lowest BCUT2D eigenvalue weighted by Gasteiger charge is -2.30. The van der Waals surface area contributed by atoms with E-state index in [0.717, 1.165) is 0 Å². The first-order chi connectivity index (χ1) is 10.7. The number of ether oxygens (including phenoxy) is 2. The molecule has 1 heterocycles. The highest BCUT2D eigenvalue weighted by molar-refractivity contribution is 5.84. The topological polar surface area (TPSA) is 197 Å². The summed E-state index contributed by atoms with van der Waals surface area (Å²) in [5.74, 6) is -3.32. The number of ketones is 1. The second kappa shape index (κ2) is 8.39. The van der Waals surface area contributed by atoms with Crippen LogP contribution in [0, 0.1) is 0 Å². The Morgan fingerprint density at radius 2 is 1.78 bits per heavy atom. The van der Waals surface area contributed by atoms with Crippen molar-refractivity contribution in [3.63, 3.8) is 0 Å². The average Bonchev–Trinajstić information content (AvgIpc) is 2.82. The van der Waals surface area contributed by atoms with Crippen LogP contribution in [0.1, 0.15) is 0 Å². The van der Waals surface area contributed by atoms with E-state index in [1.165, 1.54) is 0 Å². The number of aliphatic hydroxyl groups excluding tert-OH is 8. The number of rotatable bonds is 9. The molecule has 136 valence electrons. The molecule has 1 aliphatic heterocycles. The highest BCUT2D eigenvalue weighted by Gasteiger charge is 2.55. The van der Waals surface area contributed by atoms with Gasteiger partial charge in [0, 0.05) is 0 Å². The molecule has 0 aromatic heterocycles. The molecule has 0 amide bonds. The summed E-state index contributed by atoms with van der Waals surface area (Å²) >= 11 is 0. The number of hydrogen-bond donors (Lipinski definition) is 8. The summed E-state index contributed by atoms with van der Waals surface area (Å²) < 4.78 is 9.97. The summed E-state index contributed by atoms with van der Waals surface area (Å²) in [6.45, 7) is -3.48. The van der Waals surface area contributed by atoms with E-state index in [2.05, 4.69) is 0 Å². The van der Waals surface area contributed by atoms with Gasteiger partial charge in [0.05, 0.1) is 13.2 Å². The third-order valence-electron chi connectivity index (χ3n) is 3.60. The molecule has 23 heavy (non-hydrogen) atoms. The van der Waals surface area contributed by atoms with Gasteiger partial charge in [-0.3, -0.25) is 4.79 Å². The molecule has 1 saturated heterocycles. The van der Waals surface area contributed by atoms with Gasteiger partial charge in [-0.2, -0.15) is 0 Å². The first-order valence-electron chi connectivity index (χ1n) is 6.81. The van der Waals surface area contributed by atoms with Gasteiger partial charge in [0.1, 0.15) is 49.8 Å². The van der Waals surface area contributed by atoms with Crippen LogP contribution in [0.25, 0.3) is 0 Å². The Morgan fingerprint density at radius 1 is 1.17 bits per heavy atom. The van der Waals surface area contributed by atoms with E-state index in [0.29, 0.717) is 0 Å². The summed E-state index contributed by atoms with van der Waals surface area (Å²) in [6, 6.07) is 0. The first-order valence-corrected chi connectivity index (χ1v) is 6.81. The molecule has 0 bridgehead atoms. The number of aliphatic hydroxyl groups is 8. The molecule has 1 rings (SSSR count). The van der Waals surface area contributed by atoms with Gasteiger partial charge in [0.15, 0.2) is 5.78 Å². The number of Topliss-reactive ketones (excluding diaryl/α,β-unsaturated/α-hetero) is 1. The lowest BCUT2D eigenvalue weighted by Crippen LogP contribution is -2.51. The maximum absolute atomic E-state index is 11.7. The first kappa shape index (κ1) is 20.3. The Hall–Kier alpha value is -0.730. The summed E-state index contributed by atoms with van der Waals surface area (Å²) in [7, 11) is 0. The number of hydrogen-bond acceptors (Lipinski definition) is 11. The third-order valence-corrected chi connectivity index (χ3v) is 3.60. The van der Waals surface area contributed by atoms with Gasteiger partial charge in [-0.25, -0.2) is 0 Å². The van der Waals surface area contributed by atoms with Crippen LogP contribution in [0.15, 0.2) is 0 Å². The summed E-state index contributed by atoms with van der Waals surface area (Å²) in [4.78, 5) is 11.7. The van der Waals surface area contributed by atoms with E-state index in [4.69, 9.17) is 24.8 Å². The van der Waals surface area contributed by atoms with Gasteiger partial charge in [0.2, 0.25) is 5.79 Å². The maximum atomic E-state index is 11.7. The van der Waals surface area contributed by atoms with Crippen LogP contribution in [0.5, 0.6) is 0 Å². The second-order valence-electron chi connectivity index (χ2n) is 5.18. The van der Waals surface area contributed by atoms with E-state index in [-0.39, 0.29) is 0 Å². The molecule has 0 radical (unpaired) electrons. The Morgan fingerprint density at radius 3 is 2.22 bits per heavy atom. The molecule has 0 saturated carbocycles. The Balaban J connectivity index is 2.69. The quantitative estimate of drug-likeness (QED) is 0.199. The Kier molecular flexibility index (Phi) is 7.41. The zero-order valence-electron chi connectivity index (χ0n) is 12.1. The van der Waals surface area contributed by atoms with Crippen LogP contribution in [0.2, 0.25) is 0 Å². The fraction of sp³-hybridized carbons (Fsp3) is 0.917. The summed E-state index contributed by atoms with van der Waals surface area (Å²) in [5, 5.41) is 74.5. The maximum Gasteiger partial charge on any atom is 0.222 e. The van der Waals surface area contributed by atoms with E-state index in [1.807, 2.05) is 0 Å². The van der Waals surface area contributed by atoms with Gasteiger partial charge in [-0.05, 0) is 0 Å². The molecule has 1 fully saturated rings. The van der Waals surface area contributed by atoms with E-state index >= 15 is 0 Å². The zero-order valence-corrected chi connectivity index (χ0v) is 12.1. The van der Waals surface area contributed by atoms with Crippen LogP contribution >= 0.6 is 0 Å². The van der Waals surface area contributed by atoms with Gasteiger partial charge in [-0.15, -0.1) is 0 Å². The van der Waals surface area contributed by atoms with E-state index < -0.39 is 74.6 Å². The predicted molar refractivity (Wildman–Crippen MR) is 69.9 cm³/mol. The van der Waals surface area contributed by atoms with Crippen LogP contribution < -0.4 is 0 Å². The number of carbonyl (C=O) groups is 1. The largest absolute Gasteiger partial charge is 0.394 e. The molecule has 0 aliphatic carbocycles. The fourth-order valence-electron chi connectivity index (χ4n) is 2.09. The predicted octanol–water partition coefficient (Wildman–Crippen LogP) is -5.55. The van der Waals surface area contributed by atoms with Gasteiger partial charge < -0.3 is 50.3 Å². The van der Waals surface area contributed by atoms with Gasteiger partial charge in [-0.1, -0.05) is 0 Å². The Labute approximate surface area is 130 Å². The van der Waals surface area contributed by atoms with Gasteiger partial charge >= 0.3 is 0 Å². The third kappa shape index (κ3) is 4.22. The van der Waals surface area contributed by atoms with Crippen molar-refractivity contribution in [2.45, 2.75) is 42.4 Å². The van der Waals surface area contributed by atoms with Crippen molar-refractivity contribution < 1.29 is 55.1 Å². The van der Waals surface area contributed by atoms with Crippen molar-refractivity contribution in [3.05, 3.63) is 0 Å². The zero-order chi connectivity index (χ0) is 17.8. The molecule has 11 nitrogen and oxygen atoms in total. The minimum Gasteiger partial charge on any atom is -0.394 e. The van der Waals surface area contributed by atoms with Gasteiger partial charge in [0.25, 0.3) is 0 Å². The lowest BCUT2D eigenvalue weighted by atomic mass is 10.0. The van der Waals surface area contributed by atoms with Crippen molar-refractivity contribution in [3.8, 4) is 0 Å². The van der Waals surface area contributed by atoms with Crippen molar-refractivity contribution in [1.29, 1.82) is 0 Å². The van der Waals surface area contributed by atoms with Crippen LogP contribution in [-0.2, 0) is 14.3 Å².